The molecule has 1 fully saturated rings. The van der Waals surface area contributed by atoms with Crippen LogP contribution in [0.25, 0.3) is 11.4 Å². The van der Waals surface area contributed by atoms with E-state index in [1.807, 2.05) is 17.0 Å². The van der Waals surface area contributed by atoms with Gasteiger partial charge in [0.25, 0.3) is 0 Å². The van der Waals surface area contributed by atoms with Crippen LogP contribution in [0.5, 0.6) is 0 Å². The maximum absolute atomic E-state index is 12.7. The van der Waals surface area contributed by atoms with Crippen LogP contribution in [0.3, 0.4) is 0 Å². The molecule has 162 valence electrons. The summed E-state index contributed by atoms with van der Waals surface area (Å²) in [5, 5.41) is 4.08. The van der Waals surface area contributed by atoms with Gasteiger partial charge >= 0.3 is 0 Å². The second-order valence-electron chi connectivity index (χ2n) is 8.50. The number of hydrogen-bond acceptors (Lipinski definition) is 5. The maximum atomic E-state index is 12.7. The van der Waals surface area contributed by atoms with E-state index in [4.69, 9.17) is 4.52 Å². The van der Waals surface area contributed by atoms with Crippen LogP contribution in [-0.4, -0.2) is 47.1 Å². The Morgan fingerprint density at radius 3 is 2.48 bits per heavy atom. The van der Waals surface area contributed by atoms with Crippen molar-refractivity contribution in [3.63, 3.8) is 0 Å². The molecule has 1 amide bonds. The zero-order chi connectivity index (χ0) is 21.8. The standard InChI is InChI=1S/C25H30N4O2/c1-18(2)20-7-9-21(10-8-20)25-26-23(31-27-25)11-12-24(30)29-15-13-28(14-16-29)22-6-4-5-19(3)17-22/h4-10,17-18H,11-16H2,1-3H3. The van der Waals surface area contributed by atoms with Crippen LogP contribution in [0, 0.1) is 6.92 Å². The van der Waals surface area contributed by atoms with Gasteiger partial charge in [-0.2, -0.15) is 4.98 Å². The summed E-state index contributed by atoms with van der Waals surface area (Å²) in [7, 11) is 0. The van der Waals surface area contributed by atoms with Gasteiger partial charge in [-0.1, -0.05) is 55.4 Å². The molecule has 1 saturated heterocycles. The SMILES string of the molecule is Cc1cccc(N2CCN(C(=O)CCc3nc(-c4ccc(C(C)C)cc4)no3)CC2)c1. The van der Waals surface area contributed by atoms with Gasteiger partial charge in [0.1, 0.15) is 0 Å². The van der Waals surface area contributed by atoms with E-state index >= 15 is 0 Å². The molecule has 2 heterocycles. The van der Waals surface area contributed by atoms with Crippen LogP contribution in [-0.2, 0) is 11.2 Å². The molecule has 1 aromatic heterocycles. The highest BCUT2D eigenvalue weighted by atomic mass is 16.5. The molecule has 2 aromatic carbocycles. The summed E-state index contributed by atoms with van der Waals surface area (Å²) in [4.78, 5) is 21.4. The topological polar surface area (TPSA) is 62.5 Å². The smallest absolute Gasteiger partial charge is 0.227 e. The first-order chi connectivity index (χ1) is 15.0. The number of amides is 1. The highest BCUT2D eigenvalue weighted by Gasteiger charge is 2.22. The third kappa shape index (κ3) is 5.13. The molecular formula is C25H30N4O2. The highest BCUT2D eigenvalue weighted by Crippen LogP contribution is 2.21. The molecule has 6 heteroatoms. The summed E-state index contributed by atoms with van der Waals surface area (Å²) < 4.78 is 5.38. The Morgan fingerprint density at radius 1 is 1.06 bits per heavy atom. The first-order valence-electron chi connectivity index (χ1n) is 11.0. The van der Waals surface area contributed by atoms with Crippen LogP contribution in [0.1, 0.15) is 43.2 Å². The second kappa shape index (κ2) is 9.33. The molecule has 0 saturated carbocycles. The van der Waals surface area contributed by atoms with E-state index in [1.165, 1.54) is 16.8 Å². The first-order valence-corrected chi connectivity index (χ1v) is 11.0. The molecule has 0 aliphatic carbocycles. The van der Waals surface area contributed by atoms with Crippen molar-refractivity contribution in [2.45, 2.75) is 39.5 Å². The molecule has 0 N–H and O–H groups in total. The Hall–Kier alpha value is -3.15. The Bertz CT molecular complexity index is 1020. The molecule has 0 unspecified atom stereocenters. The Balaban J connectivity index is 1.28. The molecule has 0 radical (unpaired) electrons. The molecular weight excluding hydrogens is 388 g/mol. The monoisotopic (exact) mass is 418 g/mol. The molecule has 31 heavy (non-hydrogen) atoms. The van der Waals surface area contributed by atoms with Crippen molar-refractivity contribution in [1.29, 1.82) is 0 Å². The van der Waals surface area contributed by atoms with Gasteiger partial charge in [-0.05, 0) is 36.1 Å². The Labute approximate surface area is 183 Å². The van der Waals surface area contributed by atoms with Crippen molar-refractivity contribution in [2.75, 3.05) is 31.1 Å². The Morgan fingerprint density at radius 2 is 1.81 bits per heavy atom. The summed E-state index contributed by atoms with van der Waals surface area (Å²) in [5.74, 6) is 1.71. The third-order valence-corrected chi connectivity index (χ3v) is 5.86. The quantitative estimate of drug-likeness (QED) is 0.592. The fraction of sp³-hybridized carbons (Fsp3) is 0.400. The zero-order valence-corrected chi connectivity index (χ0v) is 18.5. The molecule has 6 nitrogen and oxygen atoms in total. The number of rotatable bonds is 6. The number of aryl methyl sites for hydroxylation is 2. The van der Waals surface area contributed by atoms with Crippen molar-refractivity contribution in [1.82, 2.24) is 15.0 Å². The van der Waals surface area contributed by atoms with E-state index in [2.05, 4.69) is 72.2 Å². The summed E-state index contributed by atoms with van der Waals surface area (Å²) in [6, 6.07) is 16.7. The Kier molecular flexibility index (Phi) is 6.35. The van der Waals surface area contributed by atoms with E-state index in [9.17, 15) is 4.79 Å². The predicted molar refractivity (Wildman–Crippen MR) is 122 cm³/mol. The van der Waals surface area contributed by atoms with Gasteiger partial charge < -0.3 is 14.3 Å². The summed E-state index contributed by atoms with van der Waals surface area (Å²) in [6.45, 7) is 9.63. The van der Waals surface area contributed by atoms with Crippen LogP contribution >= 0.6 is 0 Å². The van der Waals surface area contributed by atoms with Gasteiger partial charge in [0.05, 0.1) is 0 Å². The predicted octanol–water partition coefficient (Wildman–Crippen LogP) is 4.45. The highest BCUT2D eigenvalue weighted by molar-refractivity contribution is 5.76. The minimum Gasteiger partial charge on any atom is -0.368 e. The van der Waals surface area contributed by atoms with E-state index in [0.717, 1.165) is 31.7 Å². The van der Waals surface area contributed by atoms with E-state index in [0.29, 0.717) is 30.5 Å². The fourth-order valence-electron chi connectivity index (χ4n) is 3.90. The molecule has 4 rings (SSSR count). The largest absolute Gasteiger partial charge is 0.368 e. The number of carbonyl (C=O) groups excluding carboxylic acids is 1. The van der Waals surface area contributed by atoms with Crippen LogP contribution in [0.15, 0.2) is 53.1 Å². The summed E-state index contributed by atoms with van der Waals surface area (Å²) >= 11 is 0. The van der Waals surface area contributed by atoms with Gasteiger partial charge in [0.2, 0.25) is 17.6 Å². The van der Waals surface area contributed by atoms with Gasteiger partial charge in [-0.3, -0.25) is 4.79 Å². The van der Waals surface area contributed by atoms with Gasteiger partial charge in [-0.15, -0.1) is 0 Å². The first kappa shape index (κ1) is 21.1. The second-order valence-corrected chi connectivity index (χ2v) is 8.50. The van der Waals surface area contributed by atoms with E-state index < -0.39 is 0 Å². The average molecular weight is 419 g/mol. The van der Waals surface area contributed by atoms with Gasteiger partial charge in [-0.25, -0.2) is 0 Å². The number of nitrogens with zero attached hydrogens (tertiary/aromatic N) is 4. The van der Waals surface area contributed by atoms with Crippen molar-refractivity contribution in [3.8, 4) is 11.4 Å². The zero-order valence-electron chi connectivity index (χ0n) is 18.5. The molecule has 0 atom stereocenters. The fourth-order valence-corrected chi connectivity index (χ4v) is 3.90. The van der Waals surface area contributed by atoms with Crippen molar-refractivity contribution < 1.29 is 9.32 Å². The molecule has 0 bridgehead atoms. The minimum absolute atomic E-state index is 0.143. The number of benzene rings is 2. The number of anilines is 1. The maximum Gasteiger partial charge on any atom is 0.227 e. The van der Waals surface area contributed by atoms with E-state index in [1.54, 1.807) is 0 Å². The van der Waals surface area contributed by atoms with Crippen molar-refractivity contribution in [2.24, 2.45) is 0 Å². The molecule has 3 aromatic rings. The number of aromatic nitrogens is 2. The number of piperazine rings is 1. The normalized spacial score (nSPS) is 14.3. The van der Waals surface area contributed by atoms with Crippen LogP contribution in [0.2, 0.25) is 0 Å². The molecule has 1 aliphatic heterocycles. The third-order valence-electron chi connectivity index (χ3n) is 5.86. The van der Waals surface area contributed by atoms with Crippen LogP contribution in [0.4, 0.5) is 5.69 Å². The lowest BCUT2D eigenvalue weighted by Crippen LogP contribution is -2.48. The van der Waals surface area contributed by atoms with Gasteiger partial charge in [0, 0.05) is 50.3 Å². The molecule has 0 spiro atoms. The number of carbonyl (C=O) groups is 1. The summed E-state index contributed by atoms with van der Waals surface area (Å²) in [5.41, 5.74) is 4.69. The number of hydrogen-bond donors (Lipinski definition) is 0. The average Bonchev–Trinajstić information content (AvgIpc) is 3.27. The lowest BCUT2D eigenvalue weighted by molar-refractivity contribution is -0.131. The van der Waals surface area contributed by atoms with Crippen molar-refractivity contribution >= 4 is 11.6 Å². The minimum atomic E-state index is 0.143. The van der Waals surface area contributed by atoms with E-state index in [-0.39, 0.29) is 5.91 Å². The molecule has 1 aliphatic rings. The van der Waals surface area contributed by atoms with Crippen molar-refractivity contribution in [3.05, 3.63) is 65.5 Å². The summed E-state index contributed by atoms with van der Waals surface area (Å²) in [6.07, 6.45) is 0.854. The van der Waals surface area contributed by atoms with Crippen LogP contribution < -0.4 is 4.90 Å². The lowest BCUT2D eigenvalue weighted by atomic mass is 10.0. The van der Waals surface area contributed by atoms with Gasteiger partial charge in [0.15, 0.2) is 0 Å². The lowest BCUT2D eigenvalue weighted by Gasteiger charge is -2.36.